The molecular weight excluding hydrogens is 254 g/mol. The Morgan fingerprint density at radius 1 is 1.45 bits per heavy atom. The van der Waals surface area contributed by atoms with Crippen molar-refractivity contribution in [1.82, 2.24) is 4.90 Å². The van der Waals surface area contributed by atoms with Gasteiger partial charge in [0.25, 0.3) is 0 Å². The van der Waals surface area contributed by atoms with Gasteiger partial charge in [0, 0.05) is 30.6 Å². The van der Waals surface area contributed by atoms with Gasteiger partial charge in [-0.15, -0.1) is 0 Å². The highest BCUT2D eigenvalue weighted by Crippen LogP contribution is 2.16. The Hall–Kier alpha value is -1.59. The first-order valence-electron chi connectivity index (χ1n) is 6.95. The van der Waals surface area contributed by atoms with Crippen molar-refractivity contribution in [1.29, 1.82) is 0 Å². The second kappa shape index (κ2) is 7.87. The number of amides is 1. The second-order valence-corrected chi connectivity index (χ2v) is 5.26. The van der Waals surface area contributed by atoms with E-state index in [0.717, 1.165) is 5.56 Å². The summed E-state index contributed by atoms with van der Waals surface area (Å²) in [5, 5.41) is 11.7. The number of aliphatic hydroxyl groups excluding tert-OH is 1. The van der Waals surface area contributed by atoms with Crippen LogP contribution >= 0.6 is 0 Å². The molecule has 0 aromatic heterocycles. The fraction of sp³-hybridized carbons (Fsp3) is 0.533. The zero-order valence-corrected chi connectivity index (χ0v) is 12.5. The van der Waals surface area contributed by atoms with Crippen LogP contribution in [0.4, 0.5) is 11.4 Å². The number of anilines is 2. The zero-order valence-electron chi connectivity index (χ0n) is 12.5. The van der Waals surface area contributed by atoms with E-state index in [4.69, 9.17) is 10.8 Å². The third kappa shape index (κ3) is 5.19. The zero-order chi connectivity index (χ0) is 15.1. The Kier molecular flexibility index (Phi) is 6.48. The standard InChI is InChI=1S/C15H25N3O2/c1-11(2)18(7-4-8-19)10-15(20)17-13-6-5-12(3)14(16)9-13/h5-6,9,11,19H,4,7-8,10,16H2,1-3H3,(H,17,20). The van der Waals surface area contributed by atoms with Gasteiger partial charge >= 0.3 is 0 Å². The average Bonchev–Trinajstić information content (AvgIpc) is 2.38. The molecule has 0 saturated heterocycles. The van der Waals surface area contributed by atoms with Crippen LogP contribution in [-0.2, 0) is 4.79 Å². The molecule has 1 rings (SSSR count). The number of nitrogen functional groups attached to an aromatic ring is 1. The van der Waals surface area contributed by atoms with E-state index in [1.54, 1.807) is 6.07 Å². The van der Waals surface area contributed by atoms with Gasteiger partial charge in [0.15, 0.2) is 0 Å². The number of hydrogen-bond acceptors (Lipinski definition) is 4. The van der Waals surface area contributed by atoms with Gasteiger partial charge in [-0.05, 0) is 44.9 Å². The molecule has 0 saturated carbocycles. The summed E-state index contributed by atoms with van der Waals surface area (Å²) in [6.07, 6.45) is 0.670. The van der Waals surface area contributed by atoms with Crippen molar-refractivity contribution in [2.24, 2.45) is 0 Å². The van der Waals surface area contributed by atoms with Crippen molar-refractivity contribution in [2.45, 2.75) is 33.2 Å². The van der Waals surface area contributed by atoms with E-state index < -0.39 is 0 Å². The van der Waals surface area contributed by atoms with Crippen LogP contribution < -0.4 is 11.1 Å². The molecule has 0 unspecified atom stereocenters. The predicted molar refractivity (Wildman–Crippen MR) is 82.6 cm³/mol. The predicted octanol–water partition coefficient (Wildman–Crippen LogP) is 1.61. The minimum atomic E-state index is -0.0695. The van der Waals surface area contributed by atoms with Crippen molar-refractivity contribution >= 4 is 17.3 Å². The molecule has 1 aromatic rings. The number of nitrogens with one attached hydrogen (secondary N) is 1. The highest BCUT2D eigenvalue weighted by Gasteiger charge is 2.13. The summed E-state index contributed by atoms with van der Waals surface area (Å²) < 4.78 is 0. The Balaban J connectivity index is 2.58. The Morgan fingerprint density at radius 3 is 2.70 bits per heavy atom. The van der Waals surface area contributed by atoms with Crippen LogP contribution in [0.2, 0.25) is 0 Å². The highest BCUT2D eigenvalue weighted by atomic mass is 16.3. The van der Waals surface area contributed by atoms with Gasteiger partial charge in [-0.2, -0.15) is 0 Å². The van der Waals surface area contributed by atoms with E-state index in [1.807, 2.05) is 37.8 Å². The van der Waals surface area contributed by atoms with Gasteiger partial charge in [0.1, 0.15) is 0 Å². The van der Waals surface area contributed by atoms with Crippen LogP contribution in [0, 0.1) is 6.92 Å². The maximum Gasteiger partial charge on any atom is 0.238 e. The number of benzene rings is 1. The number of aryl methyl sites for hydroxylation is 1. The topological polar surface area (TPSA) is 78.6 Å². The third-order valence-corrected chi connectivity index (χ3v) is 3.24. The van der Waals surface area contributed by atoms with Gasteiger partial charge in [0.2, 0.25) is 5.91 Å². The quantitative estimate of drug-likeness (QED) is 0.663. The van der Waals surface area contributed by atoms with E-state index in [-0.39, 0.29) is 18.6 Å². The lowest BCUT2D eigenvalue weighted by Gasteiger charge is -2.25. The van der Waals surface area contributed by atoms with Crippen LogP contribution in [0.15, 0.2) is 18.2 Å². The number of carbonyl (C=O) groups excluding carboxylic acids is 1. The first-order valence-corrected chi connectivity index (χ1v) is 6.95. The summed E-state index contributed by atoms with van der Waals surface area (Å²) in [5.74, 6) is -0.0695. The molecule has 112 valence electrons. The molecule has 0 fully saturated rings. The molecule has 20 heavy (non-hydrogen) atoms. The third-order valence-electron chi connectivity index (χ3n) is 3.24. The molecule has 4 N–H and O–H groups in total. The van der Waals surface area contributed by atoms with Crippen molar-refractivity contribution in [3.05, 3.63) is 23.8 Å². The summed E-state index contributed by atoms with van der Waals surface area (Å²) in [6.45, 7) is 7.15. The van der Waals surface area contributed by atoms with E-state index in [2.05, 4.69) is 5.32 Å². The first kappa shape index (κ1) is 16.5. The molecule has 0 aliphatic heterocycles. The van der Waals surface area contributed by atoms with E-state index >= 15 is 0 Å². The van der Waals surface area contributed by atoms with Gasteiger partial charge < -0.3 is 16.2 Å². The smallest absolute Gasteiger partial charge is 0.238 e. The molecule has 0 aliphatic carbocycles. The molecule has 0 bridgehead atoms. The second-order valence-electron chi connectivity index (χ2n) is 5.26. The fourth-order valence-corrected chi connectivity index (χ4v) is 1.90. The molecule has 0 atom stereocenters. The lowest BCUT2D eigenvalue weighted by Crippen LogP contribution is -2.39. The average molecular weight is 279 g/mol. The van der Waals surface area contributed by atoms with Gasteiger partial charge in [0.05, 0.1) is 6.54 Å². The number of aliphatic hydroxyl groups is 1. The molecule has 0 heterocycles. The van der Waals surface area contributed by atoms with Crippen LogP contribution in [0.3, 0.4) is 0 Å². The van der Waals surface area contributed by atoms with Crippen LogP contribution in [0.1, 0.15) is 25.8 Å². The SMILES string of the molecule is Cc1ccc(NC(=O)CN(CCCO)C(C)C)cc1N. The largest absolute Gasteiger partial charge is 0.398 e. The fourth-order valence-electron chi connectivity index (χ4n) is 1.90. The van der Waals surface area contributed by atoms with Crippen molar-refractivity contribution in [3.8, 4) is 0 Å². The first-order chi connectivity index (χ1) is 9.43. The number of rotatable bonds is 7. The van der Waals surface area contributed by atoms with Crippen LogP contribution in [0.25, 0.3) is 0 Å². The lowest BCUT2D eigenvalue weighted by molar-refractivity contribution is -0.117. The minimum absolute atomic E-state index is 0.0695. The summed E-state index contributed by atoms with van der Waals surface area (Å²) in [6, 6.07) is 5.75. The maximum absolute atomic E-state index is 12.0. The number of nitrogens with two attached hydrogens (primary N) is 1. The molecule has 0 spiro atoms. The summed E-state index contributed by atoms with van der Waals surface area (Å²) in [5.41, 5.74) is 8.20. The van der Waals surface area contributed by atoms with E-state index in [9.17, 15) is 4.79 Å². The monoisotopic (exact) mass is 279 g/mol. The minimum Gasteiger partial charge on any atom is -0.398 e. The number of carbonyl (C=O) groups is 1. The van der Waals surface area contributed by atoms with Crippen molar-refractivity contribution < 1.29 is 9.90 Å². The van der Waals surface area contributed by atoms with Gasteiger partial charge in [-0.3, -0.25) is 9.69 Å². The molecule has 5 heteroatoms. The Morgan fingerprint density at radius 2 is 2.15 bits per heavy atom. The summed E-state index contributed by atoms with van der Waals surface area (Å²) >= 11 is 0. The van der Waals surface area contributed by atoms with E-state index in [0.29, 0.717) is 30.9 Å². The number of nitrogens with zero attached hydrogens (tertiary/aromatic N) is 1. The van der Waals surface area contributed by atoms with Gasteiger partial charge in [-0.25, -0.2) is 0 Å². The Bertz CT molecular complexity index is 447. The van der Waals surface area contributed by atoms with Gasteiger partial charge in [-0.1, -0.05) is 6.07 Å². The normalized spacial score (nSPS) is 11.1. The lowest BCUT2D eigenvalue weighted by atomic mass is 10.2. The van der Waals surface area contributed by atoms with E-state index in [1.165, 1.54) is 0 Å². The molecular formula is C15H25N3O2. The highest BCUT2D eigenvalue weighted by molar-refractivity contribution is 5.92. The molecule has 1 amide bonds. The van der Waals surface area contributed by atoms with Crippen LogP contribution in [-0.4, -0.2) is 41.7 Å². The maximum atomic E-state index is 12.0. The van der Waals surface area contributed by atoms with Crippen LogP contribution in [0.5, 0.6) is 0 Å². The van der Waals surface area contributed by atoms with Crippen molar-refractivity contribution in [3.63, 3.8) is 0 Å². The number of hydrogen-bond donors (Lipinski definition) is 3. The summed E-state index contributed by atoms with van der Waals surface area (Å²) in [4.78, 5) is 14.1. The Labute approximate surface area is 120 Å². The molecule has 0 radical (unpaired) electrons. The molecule has 5 nitrogen and oxygen atoms in total. The van der Waals surface area contributed by atoms with Crippen molar-refractivity contribution in [2.75, 3.05) is 30.7 Å². The molecule has 0 aliphatic rings. The summed E-state index contributed by atoms with van der Waals surface area (Å²) in [7, 11) is 0. The molecule has 1 aromatic carbocycles.